The van der Waals surface area contributed by atoms with Crippen molar-refractivity contribution in [3.8, 4) is 5.75 Å². The Labute approximate surface area is 118 Å². The number of carbonyl (C=O) groups excluding carboxylic acids is 1. The van der Waals surface area contributed by atoms with Gasteiger partial charge >= 0.3 is 0 Å². The molecule has 0 aliphatic carbocycles. The molecule has 0 atom stereocenters. The van der Waals surface area contributed by atoms with Crippen molar-refractivity contribution in [3.63, 3.8) is 0 Å². The zero-order valence-electron chi connectivity index (χ0n) is 10.7. The van der Waals surface area contributed by atoms with E-state index in [4.69, 9.17) is 16.3 Å². The molecule has 0 aliphatic heterocycles. The fourth-order valence-electron chi connectivity index (χ4n) is 1.84. The van der Waals surface area contributed by atoms with Crippen LogP contribution in [0.3, 0.4) is 0 Å². The van der Waals surface area contributed by atoms with E-state index in [2.05, 4.69) is 0 Å². The van der Waals surface area contributed by atoms with E-state index in [9.17, 15) is 4.79 Å². The van der Waals surface area contributed by atoms with E-state index < -0.39 is 0 Å². The molecule has 19 heavy (non-hydrogen) atoms. The highest BCUT2D eigenvalue weighted by Crippen LogP contribution is 2.23. The molecule has 0 N–H and O–H groups in total. The van der Waals surface area contributed by atoms with E-state index in [1.54, 1.807) is 12.1 Å². The van der Waals surface area contributed by atoms with Crippen molar-refractivity contribution < 1.29 is 9.53 Å². The summed E-state index contributed by atoms with van der Waals surface area (Å²) in [4.78, 5) is 12.5. The number of aryl methyl sites for hydroxylation is 1. The lowest BCUT2D eigenvalue weighted by Crippen LogP contribution is -2.07. The third-order valence-electron chi connectivity index (χ3n) is 2.75. The van der Waals surface area contributed by atoms with Gasteiger partial charge in [-0.05, 0) is 19.1 Å². The fourth-order valence-corrected chi connectivity index (χ4v) is 1.92. The minimum absolute atomic E-state index is 0.0335. The van der Waals surface area contributed by atoms with Gasteiger partial charge in [0.15, 0.2) is 5.78 Å². The van der Waals surface area contributed by atoms with Crippen LogP contribution in [0, 0.1) is 6.92 Å². The Morgan fingerprint density at radius 1 is 1.16 bits per heavy atom. The highest BCUT2D eigenvalue weighted by Gasteiger charge is 2.14. The maximum atomic E-state index is 12.5. The first-order valence-electron chi connectivity index (χ1n) is 6.11. The molecule has 0 bridgehead atoms. The summed E-state index contributed by atoms with van der Waals surface area (Å²) >= 11 is 5.62. The molecule has 0 unspecified atom stereocenters. The molecule has 0 aliphatic rings. The Kier molecular flexibility index (Phi) is 4.58. The molecule has 2 rings (SSSR count). The summed E-state index contributed by atoms with van der Waals surface area (Å²) in [5.74, 6) is 0.946. The van der Waals surface area contributed by atoms with Crippen molar-refractivity contribution >= 4 is 17.4 Å². The zero-order valence-corrected chi connectivity index (χ0v) is 11.5. The van der Waals surface area contributed by atoms with Crippen LogP contribution in [-0.4, -0.2) is 18.3 Å². The van der Waals surface area contributed by atoms with Gasteiger partial charge in [0.2, 0.25) is 0 Å². The standard InChI is InChI=1S/C16H15ClO2/c1-12-7-8-15(19-10-9-17)14(11-12)16(18)13-5-3-2-4-6-13/h2-8,11H,9-10H2,1H3. The Morgan fingerprint density at radius 3 is 2.58 bits per heavy atom. The topological polar surface area (TPSA) is 26.3 Å². The van der Waals surface area contributed by atoms with Gasteiger partial charge in [0.25, 0.3) is 0 Å². The molecule has 0 saturated carbocycles. The smallest absolute Gasteiger partial charge is 0.196 e. The lowest BCUT2D eigenvalue weighted by molar-refractivity contribution is 0.103. The van der Waals surface area contributed by atoms with E-state index in [0.29, 0.717) is 29.4 Å². The molecule has 0 spiro atoms. The predicted octanol–water partition coefficient (Wildman–Crippen LogP) is 3.84. The number of hydrogen-bond acceptors (Lipinski definition) is 2. The quantitative estimate of drug-likeness (QED) is 0.612. The van der Waals surface area contributed by atoms with Gasteiger partial charge in [-0.1, -0.05) is 42.0 Å². The molecule has 2 aromatic carbocycles. The Bertz CT molecular complexity index is 564. The van der Waals surface area contributed by atoms with Gasteiger partial charge in [-0.15, -0.1) is 11.6 Å². The van der Waals surface area contributed by atoms with Crippen LogP contribution in [0.25, 0.3) is 0 Å². The molecule has 98 valence electrons. The molecule has 0 heterocycles. The molecule has 3 heteroatoms. The van der Waals surface area contributed by atoms with Gasteiger partial charge in [0.1, 0.15) is 12.4 Å². The largest absolute Gasteiger partial charge is 0.492 e. The van der Waals surface area contributed by atoms with E-state index >= 15 is 0 Å². The van der Waals surface area contributed by atoms with E-state index in [1.807, 2.05) is 43.3 Å². The van der Waals surface area contributed by atoms with Crippen molar-refractivity contribution in [1.82, 2.24) is 0 Å². The number of ether oxygens (including phenoxy) is 1. The lowest BCUT2D eigenvalue weighted by Gasteiger charge is -2.10. The molecule has 2 nitrogen and oxygen atoms in total. The van der Waals surface area contributed by atoms with Gasteiger partial charge in [-0.2, -0.15) is 0 Å². The van der Waals surface area contributed by atoms with Gasteiger partial charge in [0, 0.05) is 5.56 Å². The first-order valence-corrected chi connectivity index (χ1v) is 6.65. The summed E-state index contributed by atoms with van der Waals surface area (Å²) < 4.78 is 5.53. The van der Waals surface area contributed by atoms with Crippen molar-refractivity contribution in [1.29, 1.82) is 0 Å². The predicted molar refractivity (Wildman–Crippen MR) is 77.3 cm³/mol. The Balaban J connectivity index is 2.37. The number of halogens is 1. The highest BCUT2D eigenvalue weighted by atomic mass is 35.5. The van der Waals surface area contributed by atoms with Crippen LogP contribution in [0.2, 0.25) is 0 Å². The second-order valence-corrected chi connectivity index (χ2v) is 4.61. The molecule has 0 amide bonds. The van der Waals surface area contributed by atoms with Gasteiger partial charge in [-0.3, -0.25) is 4.79 Å². The zero-order chi connectivity index (χ0) is 13.7. The maximum absolute atomic E-state index is 12.5. The number of ketones is 1. The van der Waals surface area contributed by atoms with Crippen LogP contribution < -0.4 is 4.74 Å². The summed E-state index contributed by atoms with van der Waals surface area (Å²) in [6.07, 6.45) is 0. The van der Waals surface area contributed by atoms with Crippen LogP contribution in [-0.2, 0) is 0 Å². The number of carbonyl (C=O) groups is 1. The molecular formula is C16H15ClO2. The van der Waals surface area contributed by atoms with Gasteiger partial charge in [-0.25, -0.2) is 0 Å². The molecule has 2 aromatic rings. The third-order valence-corrected chi connectivity index (χ3v) is 2.90. The van der Waals surface area contributed by atoms with Crippen LogP contribution in [0.5, 0.6) is 5.75 Å². The van der Waals surface area contributed by atoms with Gasteiger partial charge in [0.05, 0.1) is 11.4 Å². The lowest BCUT2D eigenvalue weighted by atomic mass is 10.0. The fraction of sp³-hybridized carbons (Fsp3) is 0.188. The Morgan fingerprint density at radius 2 is 1.89 bits per heavy atom. The first-order chi connectivity index (χ1) is 9.22. The molecular weight excluding hydrogens is 260 g/mol. The monoisotopic (exact) mass is 274 g/mol. The number of rotatable bonds is 5. The summed E-state index contributed by atoms with van der Waals surface area (Å²) in [6.45, 7) is 2.34. The maximum Gasteiger partial charge on any atom is 0.196 e. The van der Waals surface area contributed by atoms with Crippen LogP contribution in [0.4, 0.5) is 0 Å². The van der Waals surface area contributed by atoms with E-state index in [1.165, 1.54) is 0 Å². The summed E-state index contributed by atoms with van der Waals surface area (Å²) in [6, 6.07) is 14.8. The first kappa shape index (κ1) is 13.6. The number of benzene rings is 2. The summed E-state index contributed by atoms with van der Waals surface area (Å²) in [5.41, 5.74) is 2.26. The summed E-state index contributed by atoms with van der Waals surface area (Å²) in [7, 11) is 0. The summed E-state index contributed by atoms with van der Waals surface area (Å²) in [5, 5.41) is 0. The average molecular weight is 275 g/mol. The van der Waals surface area contributed by atoms with Crippen molar-refractivity contribution in [2.75, 3.05) is 12.5 Å². The van der Waals surface area contributed by atoms with Crippen LogP contribution in [0.15, 0.2) is 48.5 Å². The SMILES string of the molecule is Cc1ccc(OCCCl)c(C(=O)c2ccccc2)c1. The second-order valence-electron chi connectivity index (χ2n) is 4.23. The highest BCUT2D eigenvalue weighted by molar-refractivity contribution is 6.18. The molecule has 0 fully saturated rings. The Hall–Kier alpha value is -1.80. The van der Waals surface area contributed by atoms with Crippen molar-refractivity contribution in [3.05, 3.63) is 65.2 Å². The molecule has 0 aromatic heterocycles. The van der Waals surface area contributed by atoms with Crippen LogP contribution >= 0.6 is 11.6 Å². The van der Waals surface area contributed by atoms with E-state index in [-0.39, 0.29) is 5.78 Å². The molecule has 0 saturated heterocycles. The number of alkyl halides is 1. The van der Waals surface area contributed by atoms with Gasteiger partial charge < -0.3 is 4.74 Å². The number of hydrogen-bond donors (Lipinski definition) is 0. The third kappa shape index (κ3) is 3.36. The van der Waals surface area contributed by atoms with Crippen molar-refractivity contribution in [2.24, 2.45) is 0 Å². The minimum Gasteiger partial charge on any atom is -0.492 e. The van der Waals surface area contributed by atoms with Crippen LogP contribution in [0.1, 0.15) is 21.5 Å². The second kappa shape index (κ2) is 6.39. The minimum atomic E-state index is -0.0335. The van der Waals surface area contributed by atoms with Crippen molar-refractivity contribution in [2.45, 2.75) is 6.92 Å². The average Bonchev–Trinajstić information content (AvgIpc) is 2.46. The normalized spacial score (nSPS) is 10.2. The van der Waals surface area contributed by atoms with E-state index in [0.717, 1.165) is 5.56 Å². The molecule has 0 radical (unpaired) electrons.